The number of amides is 1. The third kappa shape index (κ3) is 6.64. The number of aliphatic imine (C=N–C) groups is 1. The van der Waals surface area contributed by atoms with E-state index in [2.05, 4.69) is 9.71 Å². The van der Waals surface area contributed by atoms with Crippen molar-refractivity contribution in [2.24, 2.45) is 4.99 Å². The standard InChI is InChI=1S/C32H36F2N4O3S/c1-2-35-31-27(23-8-5-3-4-6-9-23)10-7-11-30(31)42(40,41)36-25-14-12-24(13-15-25)32(39)38-20-18-37(19-21-38)26-16-17-28(33)29(34)22-26/h2,7,10-17,22-23,36H,3-6,8-9,18-21H2,1H3/b35-2-. The van der Waals surface area contributed by atoms with E-state index in [1.807, 2.05) is 11.0 Å². The molecule has 0 atom stereocenters. The minimum absolute atomic E-state index is 0.140. The Morgan fingerprint density at radius 1 is 0.905 bits per heavy atom. The maximum absolute atomic E-state index is 13.6. The Labute approximate surface area is 246 Å². The first-order valence-corrected chi connectivity index (χ1v) is 16.0. The highest BCUT2D eigenvalue weighted by molar-refractivity contribution is 7.92. The maximum Gasteiger partial charge on any atom is 0.264 e. The summed E-state index contributed by atoms with van der Waals surface area (Å²) in [5.41, 5.74) is 2.83. The Morgan fingerprint density at radius 3 is 2.24 bits per heavy atom. The van der Waals surface area contributed by atoms with Crippen molar-refractivity contribution in [3.63, 3.8) is 0 Å². The van der Waals surface area contributed by atoms with Crippen molar-refractivity contribution in [1.82, 2.24) is 4.90 Å². The van der Waals surface area contributed by atoms with Gasteiger partial charge in [-0.2, -0.15) is 0 Å². The average molecular weight is 595 g/mol. The molecule has 1 saturated carbocycles. The van der Waals surface area contributed by atoms with Crippen molar-refractivity contribution in [2.45, 2.75) is 56.3 Å². The summed E-state index contributed by atoms with van der Waals surface area (Å²) >= 11 is 0. The Balaban J connectivity index is 1.26. The predicted molar refractivity (Wildman–Crippen MR) is 162 cm³/mol. The molecule has 1 aliphatic carbocycles. The minimum atomic E-state index is -3.94. The monoisotopic (exact) mass is 594 g/mol. The molecule has 42 heavy (non-hydrogen) atoms. The highest BCUT2D eigenvalue weighted by atomic mass is 32.2. The van der Waals surface area contributed by atoms with Crippen LogP contribution in [0.5, 0.6) is 0 Å². The topological polar surface area (TPSA) is 82.1 Å². The van der Waals surface area contributed by atoms with Crippen LogP contribution in [0.4, 0.5) is 25.8 Å². The Hall–Kier alpha value is -3.79. The van der Waals surface area contributed by atoms with E-state index in [4.69, 9.17) is 0 Å². The number of carbonyl (C=O) groups is 1. The number of anilines is 2. The fourth-order valence-electron chi connectivity index (χ4n) is 5.87. The molecule has 0 unspecified atom stereocenters. The van der Waals surface area contributed by atoms with Crippen LogP contribution in [-0.4, -0.2) is 51.6 Å². The number of hydrogen-bond acceptors (Lipinski definition) is 5. The maximum atomic E-state index is 13.6. The lowest BCUT2D eigenvalue weighted by atomic mass is 9.90. The molecule has 1 amide bonds. The molecule has 5 rings (SSSR count). The summed E-state index contributed by atoms with van der Waals surface area (Å²) in [5.74, 6) is -1.68. The van der Waals surface area contributed by atoms with E-state index in [0.29, 0.717) is 48.8 Å². The van der Waals surface area contributed by atoms with Gasteiger partial charge in [0.1, 0.15) is 4.90 Å². The summed E-state index contributed by atoms with van der Waals surface area (Å²) in [6.45, 7) is 3.59. The molecule has 0 bridgehead atoms. The van der Waals surface area contributed by atoms with Gasteiger partial charge in [0.05, 0.1) is 5.69 Å². The summed E-state index contributed by atoms with van der Waals surface area (Å²) in [6, 6.07) is 15.5. The smallest absolute Gasteiger partial charge is 0.264 e. The van der Waals surface area contributed by atoms with Crippen LogP contribution in [0.25, 0.3) is 0 Å². The highest BCUT2D eigenvalue weighted by Crippen LogP contribution is 2.40. The van der Waals surface area contributed by atoms with Crippen molar-refractivity contribution >= 4 is 39.2 Å². The molecule has 1 aliphatic heterocycles. The molecule has 3 aromatic carbocycles. The first-order chi connectivity index (χ1) is 20.3. The van der Waals surface area contributed by atoms with E-state index >= 15 is 0 Å². The second kappa shape index (κ2) is 13.0. The molecule has 2 fully saturated rings. The zero-order valence-electron chi connectivity index (χ0n) is 23.7. The average Bonchev–Trinajstić information content (AvgIpc) is 3.28. The van der Waals surface area contributed by atoms with Crippen LogP contribution in [0.3, 0.4) is 0 Å². The highest BCUT2D eigenvalue weighted by Gasteiger charge is 2.26. The van der Waals surface area contributed by atoms with Gasteiger partial charge in [0.15, 0.2) is 11.6 Å². The SMILES string of the molecule is C/C=N\c1c(C2CCCCCC2)cccc1S(=O)(=O)Nc1ccc(C(=O)N2CCN(c3ccc(F)c(F)c3)CC2)cc1. The van der Waals surface area contributed by atoms with Crippen molar-refractivity contribution in [3.8, 4) is 0 Å². The molecule has 0 aromatic heterocycles. The zero-order valence-corrected chi connectivity index (χ0v) is 24.5. The molecule has 0 radical (unpaired) electrons. The van der Waals surface area contributed by atoms with Crippen LogP contribution in [0.2, 0.25) is 0 Å². The summed E-state index contributed by atoms with van der Waals surface area (Å²) in [4.78, 5) is 21.4. The molecule has 0 spiro atoms. The quantitative estimate of drug-likeness (QED) is 0.239. The summed E-state index contributed by atoms with van der Waals surface area (Å²) in [7, 11) is -3.94. The number of nitrogens with one attached hydrogen (secondary N) is 1. The molecule has 3 aromatic rings. The van der Waals surface area contributed by atoms with Gasteiger partial charge in [0.2, 0.25) is 0 Å². The van der Waals surface area contributed by atoms with E-state index in [-0.39, 0.29) is 16.7 Å². The molecule has 7 nitrogen and oxygen atoms in total. The van der Waals surface area contributed by atoms with Gasteiger partial charge in [-0.3, -0.25) is 14.5 Å². The summed E-state index contributed by atoms with van der Waals surface area (Å²) < 4.78 is 56.7. The van der Waals surface area contributed by atoms with Gasteiger partial charge in [-0.15, -0.1) is 0 Å². The number of para-hydroxylation sites is 1. The third-order valence-corrected chi connectivity index (χ3v) is 9.51. The molecule has 1 heterocycles. The number of sulfonamides is 1. The third-order valence-electron chi connectivity index (χ3n) is 8.09. The van der Waals surface area contributed by atoms with Crippen LogP contribution in [0.1, 0.15) is 67.3 Å². The van der Waals surface area contributed by atoms with Crippen LogP contribution < -0.4 is 9.62 Å². The van der Waals surface area contributed by atoms with E-state index in [0.717, 1.165) is 43.4 Å². The Bertz CT molecular complexity index is 1540. The van der Waals surface area contributed by atoms with Crippen molar-refractivity contribution in [1.29, 1.82) is 0 Å². The van der Waals surface area contributed by atoms with Crippen molar-refractivity contribution < 1.29 is 22.0 Å². The summed E-state index contributed by atoms with van der Waals surface area (Å²) in [5, 5.41) is 0. The van der Waals surface area contributed by atoms with Gasteiger partial charge in [-0.1, -0.05) is 37.8 Å². The van der Waals surface area contributed by atoms with E-state index < -0.39 is 21.7 Å². The van der Waals surface area contributed by atoms with Gasteiger partial charge in [0, 0.05) is 55.4 Å². The number of nitrogens with zero attached hydrogens (tertiary/aromatic N) is 3. The molecule has 2 aliphatic rings. The Morgan fingerprint density at radius 2 is 1.60 bits per heavy atom. The first kappa shape index (κ1) is 29.7. The lowest BCUT2D eigenvalue weighted by Crippen LogP contribution is -2.48. The molecule has 1 saturated heterocycles. The van der Waals surface area contributed by atoms with E-state index in [9.17, 15) is 22.0 Å². The van der Waals surface area contributed by atoms with Gasteiger partial charge >= 0.3 is 0 Å². The lowest BCUT2D eigenvalue weighted by Gasteiger charge is -2.36. The molecular formula is C32H36F2N4O3S. The lowest BCUT2D eigenvalue weighted by molar-refractivity contribution is 0.0746. The number of benzene rings is 3. The molecule has 10 heteroatoms. The van der Waals surface area contributed by atoms with Gasteiger partial charge in [-0.25, -0.2) is 17.2 Å². The van der Waals surface area contributed by atoms with Crippen LogP contribution in [0.15, 0.2) is 70.6 Å². The van der Waals surface area contributed by atoms with Crippen molar-refractivity contribution in [3.05, 3.63) is 83.4 Å². The molecule has 1 N–H and O–H groups in total. The fraction of sp³-hybridized carbons (Fsp3) is 0.375. The number of carbonyl (C=O) groups excluding carboxylic acids is 1. The van der Waals surface area contributed by atoms with E-state index in [1.165, 1.54) is 18.9 Å². The van der Waals surface area contributed by atoms with Gasteiger partial charge < -0.3 is 9.80 Å². The second-order valence-corrected chi connectivity index (χ2v) is 12.5. The number of halogens is 2. The first-order valence-electron chi connectivity index (χ1n) is 14.5. The predicted octanol–water partition coefficient (Wildman–Crippen LogP) is 6.89. The number of rotatable bonds is 7. The van der Waals surface area contributed by atoms with E-state index in [1.54, 1.807) is 54.4 Å². The zero-order chi connectivity index (χ0) is 29.7. The number of hydrogen-bond donors (Lipinski definition) is 1. The minimum Gasteiger partial charge on any atom is -0.368 e. The largest absolute Gasteiger partial charge is 0.368 e. The van der Waals surface area contributed by atoms with Crippen molar-refractivity contribution in [2.75, 3.05) is 35.8 Å². The fourth-order valence-corrected chi connectivity index (χ4v) is 7.11. The number of piperazine rings is 1. The summed E-state index contributed by atoms with van der Waals surface area (Å²) in [6.07, 6.45) is 8.35. The van der Waals surface area contributed by atoms with Crippen LogP contribution in [-0.2, 0) is 10.0 Å². The normalized spacial score (nSPS) is 16.9. The molecular weight excluding hydrogens is 558 g/mol. The van der Waals surface area contributed by atoms with Crippen LogP contribution in [0, 0.1) is 11.6 Å². The Kier molecular flexibility index (Phi) is 9.21. The van der Waals surface area contributed by atoms with Gasteiger partial charge in [0.25, 0.3) is 15.9 Å². The van der Waals surface area contributed by atoms with Crippen LogP contribution >= 0.6 is 0 Å². The second-order valence-electron chi connectivity index (χ2n) is 10.8. The molecule has 222 valence electrons. The van der Waals surface area contributed by atoms with Gasteiger partial charge in [-0.05, 0) is 73.7 Å².